The molecule has 1 aromatic carbocycles. The van der Waals surface area contributed by atoms with Crippen molar-refractivity contribution in [1.29, 1.82) is 0 Å². The normalized spacial score (nSPS) is 10.4. The monoisotopic (exact) mass is 399 g/mol. The average Bonchev–Trinajstić information content (AvgIpc) is 3.23. The Morgan fingerprint density at radius 1 is 1.21 bits per heavy atom. The number of benzene rings is 1. The highest BCUT2D eigenvalue weighted by Crippen LogP contribution is 2.25. The SMILES string of the molecule is CCOC(=O)c1cnc(SC)nc1Nc1cccc(OC(=O)c2ccco2)c1. The summed E-state index contributed by atoms with van der Waals surface area (Å²) in [6, 6.07) is 9.81. The lowest BCUT2D eigenvalue weighted by molar-refractivity contribution is 0.0526. The van der Waals surface area contributed by atoms with Gasteiger partial charge in [-0.2, -0.15) is 0 Å². The number of rotatable bonds is 7. The summed E-state index contributed by atoms with van der Waals surface area (Å²) in [6.07, 6.45) is 4.64. The van der Waals surface area contributed by atoms with Crippen molar-refractivity contribution in [2.75, 3.05) is 18.2 Å². The summed E-state index contributed by atoms with van der Waals surface area (Å²) in [5.74, 6) is -0.432. The maximum atomic E-state index is 12.2. The van der Waals surface area contributed by atoms with Crippen LogP contribution in [0.25, 0.3) is 0 Å². The molecule has 2 heterocycles. The number of hydrogen-bond donors (Lipinski definition) is 1. The summed E-state index contributed by atoms with van der Waals surface area (Å²) < 4.78 is 15.4. The summed E-state index contributed by atoms with van der Waals surface area (Å²) in [4.78, 5) is 32.7. The summed E-state index contributed by atoms with van der Waals surface area (Å²) in [5, 5.41) is 3.55. The minimum atomic E-state index is -0.610. The summed E-state index contributed by atoms with van der Waals surface area (Å²) in [7, 11) is 0. The second-order valence-corrected chi connectivity index (χ2v) is 6.13. The number of nitrogens with zero attached hydrogens (tertiary/aromatic N) is 2. The van der Waals surface area contributed by atoms with Crippen LogP contribution in [0.4, 0.5) is 11.5 Å². The number of esters is 2. The third-order valence-electron chi connectivity index (χ3n) is 3.47. The van der Waals surface area contributed by atoms with Crippen LogP contribution in [0.2, 0.25) is 0 Å². The molecular formula is C19H17N3O5S. The molecule has 9 heteroatoms. The Morgan fingerprint density at radius 3 is 2.79 bits per heavy atom. The van der Waals surface area contributed by atoms with E-state index in [0.29, 0.717) is 22.4 Å². The van der Waals surface area contributed by atoms with Crippen LogP contribution in [0.15, 0.2) is 58.4 Å². The first-order valence-corrected chi connectivity index (χ1v) is 9.54. The van der Waals surface area contributed by atoms with Crippen molar-refractivity contribution >= 4 is 35.2 Å². The Hall–Kier alpha value is -3.33. The quantitative estimate of drug-likeness (QED) is 0.274. The van der Waals surface area contributed by atoms with Gasteiger partial charge in [0, 0.05) is 18.0 Å². The van der Waals surface area contributed by atoms with Crippen LogP contribution in [-0.4, -0.2) is 34.8 Å². The lowest BCUT2D eigenvalue weighted by Gasteiger charge is -2.12. The van der Waals surface area contributed by atoms with Gasteiger partial charge in [0.05, 0.1) is 12.9 Å². The van der Waals surface area contributed by atoms with Gasteiger partial charge in [-0.3, -0.25) is 0 Å². The highest BCUT2D eigenvalue weighted by Gasteiger charge is 2.17. The van der Waals surface area contributed by atoms with E-state index in [9.17, 15) is 9.59 Å². The zero-order valence-corrected chi connectivity index (χ0v) is 16.0. The maximum absolute atomic E-state index is 12.2. The number of thioether (sulfide) groups is 1. The second-order valence-electron chi connectivity index (χ2n) is 5.36. The molecule has 2 aromatic heterocycles. The van der Waals surface area contributed by atoms with Gasteiger partial charge in [-0.25, -0.2) is 19.6 Å². The molecule has 8 nitrogen and oxygen atoms in total. The van der Waals surface area contributed by atoms with Crippen molar-refractivity contribution in [1.82, 2.24) is 9.97 Å². The second kappa shape index (κ2) is 9.05. The van der Waals surface area contributed by atoms with Crippen molar-refractivity contribution < 1.29 is 23.5 Å². The fraction of sp³-hybridized carbons (Fsp3) is 0.158. The smallest absolute Gasteiger partial charge is 0.379 e. The molecule has 1 N–H and O–H groups in total. The predicted octanol–water partition coefficient (Wildman–Crippen LogP) is 3.93. The molecule has 3 aromatic rings. The lowest BCUT2D eigenvalue weighted by Crippen LogP contribution is -2.11. The number of furan rings is 1. The summed E-state index contributed by atoms with van der Waals surface area (Å²) >= 11 is 1.34. The van der Waals surface area contributed by atoms with Crippen molar-refractivity contribution in [3.8, 4) is 5.75 Å². The van der Waals surface area contributed by atoms with Crippen LogP contribution in [0.5, 0.6) is 5.75 Å². The van der Waals surface area contributed by atoms with Crippen LogP contribution < -0.4 is 10.1 Å². The number of hydrogen-bond acceptors (Lipinski definition) is 9. The molecular weight excluding hydrogens is 382 g/mol. The molecule has 0 radical (unpaired) electrons. The standard InChI is InChI=1S/C19H17N3O5S/c1-3-25-17(23)14-11-20-19(28-2)22-16(14)21-12-6-4-7-13(10-12)27-18(24)15-8-5-9-26-15/h4-11H,3H2,1-2H3,(H,20,21,22). The van der Waals surface area contributed by atoms with E-state index in [2.05, 4.69) is 15.3 Å². The first kappa shape index (κ1) is 19.4. The molecule has 0 aliphatic rings. The fourth-order valence-corrected chi connectivity index (χ4v) is 2.58. The molecule has 0 aliphatic carbocycles. The summed E-state index contributed by atoms with van der Waals surface area (Å²) in [5.41, 5.74) is 0.777. The third-order valence-corrected chi connectivity index (χ3v) is 4.04. The van der Waals surface area contributed by atoms with Gasteiger partial charge in [0.25, 0.3) is 0 Å². The molecule has 0 amide bonds. The Balaban J connectivity index is 1.83. The molecule has 0 bridgehead atoms. The number of anilines is 2. The molecule has 0 fully saturated rings. The largest absolute Gasteiger partial charge is 0.462 e. The van der Waals surface area contributed by atoms with Crippen molar-refractivity contribution in [3.63, 3.8) is 0 Å². The van der Waals surface area contributed by atoms with Gasteiger partial charge in [-0.1, -0.05) is 17.8 Å². The molecule has 3 rings (SSSR count). The lowest BCUT2D eigenvalue weighted by atomic mass is 10.2. The minimum absolute atomic E-state index is 0.100. The van der Waals surface area contributed by atoms with E-state index in [-0.39, 0.29) is 17.9 Å². The van der Waals surface area contributed by atoms with Gasteiger partial charge < -0.3 is 19.2 Å². The number of carbonyl (C=O) groups is 2. The Bertz CT molecular complexity index is 975. The van der Waals surface area contributed by atoms with Crippen molar-refractivity contribution in [2.24, 2.45) is 0 Å². The number of nitrogens with one attached hydrogen (secondary N) is 1. The number of ether oxygens (including phenoxy) is 2. The van der Waals surface area contributed by atoms with Crippen LogP contribution in [0.1, 0.15) is 27.8 Å². The predicted molar refractivity (Wildman–Crippen MR) is 103 cm³/mol. The molecule has 0 spiro atoms. The zero-order valence-electron chi connectivity index (χ0n) is 15.2. The maximum Gasteiger partial charge on any atom is 0.379 e. The van der Waals surface area contributed by atoms with Crippen molar-refractivity contribution in [2.45, 2.75) is 12.1 Å². The topological polar surface area (TPSA) is 104 Å². The van der Waals surface area contributed by atoms with Gasteiger partial charge in [-0.05, 0) is 37.4 Å². The van der Waals surface area contributed by atoms with Crippen LogP contribution >= 0.6 is 11.8 Å². The van der Waals surface area contributed by atoms with Gasteiger partial charge in [-0.15, -0.1) is 0 Å². The first-order chi connectivity index (χ1) is 13.6. The molecule has 0 unspecified atom stereocenters. The van der Waals surface area contributed by atoms with Gasteiger partial charge >= 0.3 is 11.9 Å². The highest BCUT2D eigenvalue weighted by molar-refractivity contribution is 7.98. The number of carbonyl (C=O) groups excluding carboxylic acids is 2. The van der Waals surface area contributed by atoms with Crippen molar-refractivity contribution in [3.05, 3.63) is 60.2 Å². The van der Waals surface area contributed by atoms with E-state index in [0.717, 1.165) is 0 Å². The minimum Gasteiger partial charge on any atom is -0.462 e. The van der Waals surface area contributed by atoms with E-state index >= 15 is 0 Å². The van der Waals surface area contributed by atoms with E-state index in [4.69, 9.17) is 13.9 Å². The van der Waals surface area contributed by atoms with E-state index in [1.165, 1.54) is 30.3 Å². The Morgan fingerprint density at radius 2 is 2.07 bits per heavy atom. The Kier molecular flexibility index (Phi) is 6.28. The third kappa shape index (κ3) is 4.68. The van der Waals surface area contributed by atoms with Crippen LogP contribution in [0.3, 0.4) is 0 Å². The zero-order chi connectivity index (χ0) is 19.9. The first-order valence-electron chi connectivity index (χ1n) is 8.31. The summed E-state index contributed by atoms with van der Waals surface area (Å²) in [6.45, 7) is 1.96. The molecule has 0 aliphatic heterocycles. The highest BCUT2D eigenvalue weighted by atomic mass is 32.2. The molecule has 28 heavy (non-hydrogen) atoms. The van der Waals surface area contributed by atoms with E-state index < -0.39 is 11.9 Å². The Labute approximate surface area is 165 Å². The number of aromatic nitrogens is 2. The average molecular weight is 399 g/mol. The molecule has 0 saturated carbocycles. The van der Waals surface area contributed by atoms with E-state index in [1.54, 1.807) is 37.3 Å². The van der Waals surface area contributed by atoms with Gasteiger partial charge in [0.15, 0.2) is 5.16 Å². The fourth-order valence-electron chi connectivity index (χ4n) is 2.24. The van der Waals surface area contributed by atoms with Gasteiger partial charge in [0.1, 0.15) is 17.1 Å². The molecule has 144 valence electrons. The molecule has 0 atom stereocenters. The van der Waals surface area contributed by atoms with Crippen LogP contribution in [0, 0.1) is 0 Å². The van der Waals surface area contributed by atoms with Crippen LogP contribution in [-0.2, 0) is 4.74 Å². The van der Waals surface area contributed by atoms with Gasteiger partial charge in [0.2, 0.25) is 5.76 Å². The molecule has 0 saturated heterocycles. The van der Waals surface area contributed by atoms with E-state index in [1.807, 2.05) is 6.26 Å².